The summed E-state index contributed by atoms with van der Waals surface area (Å²) in [6.07, 6.45) is 0.971. The van der Waals surface area contributed by atoms with Gasteiger partial charge >= 0.3 is 0 Å². The molecule has 0 atom stereocenters. The van der Waals surface area contributed by atoms with Gasteiger partial charge in [0, 0.05) is 33.4 Å². The van der Waals surface area contributed by atoms with Crippen LogP contribution in [0, 0.1) is 0 Å². The summed E-state index contributed by atoms with van der Waals surface area (Å²) in [6.45, 7) is 6.43. The fourth-order valence-electron chi connectivity index (χ4n) is 1.75. The van der Waals surface area contributed by atoms with Crippen molar-refractivity contribution >= 4 is 5.96 Å². The molecular formula is C16H27N3O2. The standard InChI is InChI=1S/C16H27N3O2/c1-3-20-12-7-10-18-16(17-2)19-11-13-21-14-15-8-5-4-6-9-15/h4-6,8-9H,3,7,10-14H2,1-2H3,(H2,17,18,19). The van der Waals surface area contributed by atoms with E-state index in [2.05, 4.69) is 27.8 Å². The average molecular weight is 293 g/mol. The zero-order chi connectivity index (χ0) is 15.2. The number of hydrogen-bond donors (Lipinski definition) is 2. The molecule has 1 rings (SSSR count). The number of rotatable bonds is 10. The van der Waals surface area contributed by atoms with E-state index in [1.165, 1.54) is 5.56 Å². The van der Waals surface area contributed by atoms with Crippen molar-refractivity contribution in [2.24, 2.45) is 4.99 Å². The first-order valence-electron chi connectivity index (χ1n) is 7.50. The van der Waals surface area contributed by atoms with Gasteiger partial charge in [-0.3, -0.25) is 4.99 Å². The molecule has 118 valence electrons. The minimum Gasteiger partial charge on any atom is -0.382 e. The van der Waals surface area contributed by atoms with Gasteiger partial charge in [-0.05, 0) is 18.9 Å². The molecule has 0 aliphatic carbocycles. The van der Waals surface area contributed by atoms with Crippen LogP contribution in [0.15, 0.2) is 35.3 Å². The summed E-state index contributed by atoms with van der Waals surface area (Å²) < 4.78 is 10.9. The first-order chi connectivity index (χ1) is 10.4. The number of benzene rings is 1. The Bertz CT molecular complexity index is 382. The molecular weight excluding hydrogens is 266 g/mol. The topological polar surface area (TPSA) is 54.9 Å². The van der Waals surface area contributed by atoms with Crippen LogP contribution in [0.2, 0.25) is 0 Å². The summed E-state index contributed by atoms with van der Waals surface area (Å²) in [7, 11) is 1.77. The Morgan fingerprint density at radius 1 is 1.05 bits per heavy atom. The van der Waals surface area contributed by atoms with Crippen molar-refractivity contribution in [1.82, 2.24) is 10.6 Å². The summed E-state index contributed by atoms with van der Waals surface area (Å²) in [6, 6.07) is 10.2. The number of aliphatic imine (C=N–C) groups is 1. The maximum Gasteiger partial charge on any atom is 0.191 e. The summed E-state index contributed by atoms with van der Waals surface area (Å²) in [5.74, 6) is 0.801. The molecule has 0 spiro atoms. The van der Waals surface area contributed by atoms with Gasteiger partial charge in [0.2, 0.25) is 0 Å². The van der Waals surface area contributed by atoms with Gasteiger partial charge in [0.1, 0.15) is 0 Å². The van der Waals surface area contributed by atoms with Crippen molar-refractivity contribution < 1.29 is 9.47 Å². The van der Waals surface area contributed by atoms with E-state index in [-0.39, 0.29) is 0 Å². The van der Waals surface area contributed by atoms with Crippen LogP contribution in [-0.4, -0.2) is 45.9 Å². The Hall–Kier alpha value is -1.59. The molecule has 0 radical (unpaired) electrons. The molecule has 0 amide bonds. The van der Waals surface area contributed by atoms with Crippen LogP contribution in [-0.2, 0) is 16.1 Å². The van der Waals surface area contributed by atoms with E-state index in [9.17, 15) is 0 Å². The zero-order valence-corrected chi connectivity index (χ0v) is 13.1. The van der Waals surface area contributed by atoms with Crippen LogP contribution >= 0.6 is 0 Å². The second-order valence-corrected chi connectivity index (χ2v) is 4.51. The maximum atomic E-state index is 5.61. The Morgan fingerprint density at radius 2 is 1.81 bits per heavy atom. The molecule has 1 aromatic rings. The fourth-order valence-corrected chi connectivity index (χ4v) is 1.75. The van der Waals surface area contributed by atoms with Gasteiger partial charge in [-0.15, -0.1) is 0 Å². The molecule has 0 aliphatic rings. The number of nitrogens with one attached hydrogen (secondary N) is 2. The van der Waals surface area contributed by atoms with Crippen LogP contribution < -0.4 is 10.6 Å². The summed E-state index contributed by atoms with van der Waals surface area (Å²) in [5.41, 5.74) is 1.19. The fraction of sp³-hybridized carbons (Fsp3) is 0.562. The second kappa shape index (κ2) is 12.2. The highest BCUT2D eigenvalue weighted by Gasteiger charge is 1.97. The lowest BCUT2D eigenvalue weighted by atomic mass is 10.2. The van der Waals surface area contributed by atoms with Crippen LogP contribution in [0.3, 0.4) is 0 Å². The molecule has 0 unspecified atom stereocenters. The lowest BCUT2D eigenvalue weighted by Gasteiger charge is -2.12. The predicted molar refractivity (Wildman–Crippen MR) is 86.6 cm³/mol. The Labute approximate surface area is 127 Å². The molecule has 0 saturated carbocycles. The van der Waals surface area contributed by atoms with Gasteiger partial charge in [-0.1, -0.05) is 30.3 Å². The first kappa shape index (κ1) is 17.5. The molecule has 0 aliphatic heterocycles. The quantitative estimate of drug-likeness (QED) is 0.392. The highest BCUT2D eigenvalue weighted by Crippen LogP contribution is 1.99. The normalized spacial score (nSPS) is 11.4. The van der Waals surface area contributed by atoms with E-state index >= 15 is 0 Å². The van der Waals surface area contributed by atoms with Gasteiger partial charge < -0.3 is 20.1 Å². The molecule has 0 bridgehead atoms. The summed E-state index contributed by atoms with van der Waals surface area (Å²) in [4.78, 5) is 4.16. The smallest absolute Gasteiger partial charge is 0.191 e. The van der Waals surface area contributed by atoms with Gasteiger partial charge in [-0.25, -0.2) is 0 Å². The largest absolute Gasteiger partial charge is 0.382 e. The Morgan fingerprint density at radius 3 is 2.52 bits per heavy atom. The minimum absolute atomic E-state index is 0.642. The van der Waals surface area contributed by atoms with Crippen molar-refractivity contribution in [3.8, 4) is 0 Å². The van der Waals surface area contributed by atoms with Crippen molar-refractivity contribution in [1.29, 1.82) is 0 Å². The lowest BCUT2D eigenvalue weighted by molar-refractivity contribution is 0.125. The molecule has 5 heteroatoms. The highest BCUT2D eigenvalue weighted by atomic mass is 16.5. The molecule has 1 aromatic carbocycles. The highest BCUT2D eigenvalue weighted by molar-refractivity contribution is 5.79. The first-order valence-corrected chi connectivity index (χ1v) is 7.50. The summed E-state index contributed by atoms with van der Waals surface area (Å²) in [5, 5.41) is 6.46. The van der Waals surface area contributed by atoms with Crippen molar-refractivity contribution in [2.75, 3.05) is 40.0 Å². The number of hydrogen-bond acceptors (Lipinski definition) is 3. The third kappa shape index (κ3) is 9.05. The minimum atomic E-state index is 0.642. The number of guanidine groups is 1. The molecule has 5 nitrogen and oxygen atoms in total. The van der Waals surface area contributed by atoms with Gasteiger partial charge in [0.05, 0.1) is 13.2 Å². The monoisotopic (exact) mass is 293 g/mol. The summed E-state index contributed by atoms with van der Waals surface area (Å²) >= 11 is 0. The maximum absolute atomic E-state index is 5.61. The van der Waals surface area contributed by atoms with Crippen LogP contribution in [0.1, 0.15) is 18.9 Å². The Balaban J connectivity index is 2.02. The molecule has 2 N–H and O–H groups in total. The van der Waals surface area contributed by atoms with Crippen LogP contribution in [0.4, 0.5) is 0 Å². The number of ether oxygens (including phenoxy) is 2. The van der Waals surface area contributed by atoms with Gasteiger partial charge in [-0.2, -0.15) is 0 Å². The van der Waals surface area contributed by atoms with E-state index in [0.29, 0.717) is 13.2 Å². The second-order valence-electron chi connectivity index (χ2n) is 4.51. The molecule has 0 heterocycles. The Kier molecular flexibility index (Phi) is 10.1. The molecule has 0 aromatic heterocycles. The van der Waals surface area contributed by atoms with Gasteiger partial charge in [0.15, 0.2) is 5.96 Å². The lowest BCUT2D eigenvalue weighted by Crippen LogP contribution is -2.39. The predicted octanol–water partition coefficient (Wildman–Crippen LogP) is 1.79. The van der Waals surface area contributed by atoms with E-state index in [4.69, 9.17) is 9.47 Å². The average Bonchev–Trinajstić information content (AvgIpc) is 2.53. The number of nitrogens with zero attached hydrogens (tertiary/aromatic N) is 1. The van der Waals surface area contributed by atoms with Crippen molar-refractivity contribution in [3.05, 3.63) is 35.9 Å². The van der Waals surface area contributed by atoms with Crippen molar-refractivity contribution in [2.45, 2.75) is 20.0 Å². The van der Waals surface area contributed by atoms with Crippen molar-refractivity contribution in [3.63, 3.8) is 0 Å². The van der Waals surface area contributed by atoms with Gasteiger partial charge in [0.25, 0.3) is 0 Å². The molecule has 0 saturated heterocycles. The third-order valence-electron chi connectivity index (χ3n) is 2.84. The SMILES string of the molecule is CCOCCCNC(=NC)NCCOCc1ccccc1. The van der Waals surface area contributed by atoms with E-state index in [0.717, 1.165) is 38.7 Å². The van der Waals surface area contributed by atoms with Crippen LogP contribution in [0.25, 0.3) is 0 Å². The van der Waals surface area contributed by atoms with E-state index in [1.54, 1.807) is 7.05 Å². The molecule has 0 fully saturated rings. The van der Waals surface area contributed by atoms with Crippen LogP contribution in [0.5, 0.6) is 0 Å². The third-order valence-corrected chi connectivity index (χ3v) is 2.84. The molecule has 21 heavy (non-hydrogen) atoms. The zero-order valence-electron chi connectivity index (χ0n) is 13.1. The van der Waals surface area contributed by atoms with E-state index < -0.39 is 0 Å². The van der Waals surface area contributed by atoms with E-state index in [1.807, 2.05) is 25.1 Å².